The molecule has 7 heteroatoms. The fourth-order valence-electron chi connectivity index (χ4n) is 2.40. The van der Waals surface area contributed by atoms with Crippen molar-refractivity contribution >= 4 is 23.5 Å². The number of aromatic nitrogens is 2. The highest BCUT2D eigenvalue weighted by Gasteiger charge is 2.25. The van der Waals surface area contributed by atoms with E-state index in [0.717, 1.165) is 12.8 Å². The molecule has 1 aliphatic rings. The second-order valence-electron chi connectivity index (χ2n) is 4.92. The smallest absolute Gasteiger partial charge is 0.303 e. The third kappa shape index (κ3) is 3.90. The number of hydrogen-bond acceptors (Lipinski definition) is 4. The Labute approximate surface area is 121 Å². The summed E-state index contributed by atoms with van der Waals surface area (Å²) in [6, 6.07) is 0. The molecule has 0 spiro atoms. The number of amides is 1. The quantitative estimate of drug-likeness (QED) is 0.917. The molecule has 2 rings (SSSR count). The van der Waals surface area contributed by atoms with Crippen molar-refractivity contribution < 1.29 is 14.7 Å². The van der Waals surface area contributed by atoms with Gasteiger partial charge in [0, 0.05) is 19.5 Å². The van der Waals surface area contributed by atoms with Gasteiger partial charge in [-0.3, -0.25) is 9.59 Å². The Hall–Kier alpha value is -1.69. The Kier molecular flexibility index (Phi) is 4.89. The summed E-state index contributed by atoms with van der Waals surface area (Å²) < 4.78 is 0. The monoisotopic (exact) mass is 297 g/mol. The van der Waals surface area contributed by atoms with Crippen LogP contribution in [0.2, 0.25) is 5.15 Å². The molecule has 0 bridgehead atoms. The van der Waals surface area contributed by atoms with Crippen molar-refractivity contribution in [2.45, 2.75) is 25.7 Å². The van der Waals surface area contributed by atoms with E-state index in [0.29, 0.717) is 19.5 Å². The number of carbonyl (C=O) groups is 2. The van der Waals surface area contributed by atoms with Crippen molar-refractivity contribution in [2.24, 2.45) is 5.92 Å². The maximum atomic E-state index is 12.3. The molecule has 1 N–H and O–H groups in total. The van der Waals surface area contributed by atoms with Gasteiger partial charge in [-0.05, 0) is 25.2 Å². The number of likely N-dealkylation sites (tertiary alicyclic amines) is 1. The maximum Gasteiger partial charge on any atom is 0.303 e. The summed E-state index contributed by atoms with van der Waals surface area (Å²) in [5.41, 5.74) is 0.272. The van der Waals surface area contributed by atoms with Crippen molar-refractivity contribution in [1.29, 1.82) is 0 Å². The molecule has 1 unspecified atom stereocenters. The van der Waals surface area contributed by atoms with Gasteiger partial charge in [0.05, 0.1) is 12.4 Å². The lowest BCUT2D eigenvalue weighted by atomic mass is 9.93. The van der Waals surface area contributed by atoms with Gasteiger partial charge in [-0.1, -0.05) is 11.6 Å². The van der Waals surface area contributed by atoms with Crippen LogP contribution < -0.4 is 0 Å². The summed E-state index contributed by atoms with van der Waals surface area (Å²) in [7, 11) is 0. The third-order valence-electron chi connectivity index (χ3n) is 3.41. The second-order valence-corrected chi connectivity index (χ2v) is 5.30. The molecule has 1 saturated heterocycles. The predicted molar refractivity (Wildman–Crippen MR) is 72.5 cm³/mol. The number of carbonyl (C=O) groups excluding carboxylic acids is 1. The summed E-state index contributed by atoms with van der Waals surface area (Å²) in [5.74, 6) is -0.727. The summed E-state index contributed by atoms with van der Waals surface area (Å²) in [5, 5.41) is 8.96. The molecule has 1 atom stereocenters. The summed E-state index contributed by atoms with van der Waals surface area (Å²) in [6.45, 7) is 1.25. The first-order chi connectivity index (χ1) is 9.56. The number of carboxylic acid groups (broad SMARTS) is 1. The van der Waals surface area contributed by atoms with Crippen LogP contribution in [0.3, 0.4) is 0 Å². The van der Waals surface area contributed by atoms with Crippen LogP contribution in [0.1, 0.15) is 36.2 Å². The topological polar surface area (TPSA) is 83.4 Å². The van der Waals surface area contributed by atoms with Crippen LogP contribution in [0.15, 0.2) is 12.4 Å². The average molecular weight is 298 g/mol. The first-order valence-corrected chi connectivity index (χ1v) is 6.92. The van der Waals surface area contributed by atoms with Gasteiger partial charge in [-0.25, -0.2) is 9.97 Å². The first kappa shape index (κ1) is 14.7. The molecule has 6 nitrogen and oxygen atoms in total. The van der Waals surface area contributed by atoms with E-state index < -0.39 is 5.97 Å². The van der Waals surface area contributed by atoms with E-state index in [1.807, 2.05) is 0 Å². The number of aliphatic carboxylic acids is 1. The highest BCUT2D eigenvalue weighted by molar-refractivity contribution is 6.29. The van der Waals surface area contributed by atoms with Crippen LogP contribution in [-0.2, 0) is 4.79 Å². The molecule has 2 heterocycles. The van der Waals surface area contributed by atoms with Crippen molar-refractivity contribution in [1.82, 2.24) is 14.9 Å². The zero-order valence-electron chi connectivity index (χ0n) is 11.0. The molecule has 0 radical (unpaired) electrons. The van der Waals surface area contributed by atoms with Crippen molar-refractivity contribution in [2.75, 3.05) is 13.1 Å². The largest absolute Gasteiger partial charge is 0.481 e. The van der Waals surface area contributed by atoms with Gasteiger partial charge < -0.3 is 10.0 Å². The van der Waals surface area contributed by atoms with Crippen LogP contribution in [0.25, 0.3) is 0 Å². The average Bonchev–Trinajstić information content (AvgIpc) is 2.45. The minimum Gasteiger partial charge on any atom is -0.481 e. The number of halogens is 1. The van der Waals surface area contributed by atoms with Gasteiger partial charge in [0.1, 0.15) is 10.8 Å². The summed E-state index contributed by atoms with van der Waals surface area (Å²) in [4.78, 5) is 32.4. The molecule has 1 fully saturated rings. The van der Waals surface area contributed by atoms with Gasteiger partial charge >= 0.3 is 5.97 Å². The number of nitrogens with zero attached hydrogens (tertiary/aromatic N) is 3. The molecular formula is C13H16ClN3O3. The van der Waals surface area contributed by atoms with E-state index in [1.165, 1.54) is 12.4 Å². The van der Waals surface area contributed by atoms with Crippen LogP contribution in [0.5, 0.6) is 0 Å². The highest BCUT2D eigenvalue weighted by atomic mass is 35.5. The van der Waals surface area contributed by atoms with E-state index in [-0.39, 0.29) is 29.1 Å². The van der Waals surface area contributed by atoms with E-state index >= 15 is 0 Å². The van der Waals surface area contributed by atoms with Gasteiger partial charge in [-0.2, -0.15) is 0 Å². The minimum atomic E-state index is -0.794. The fraction of sp³-hybridized carbons (Fsp3) is 0.538. The molecule has 1 amide bonds. The fourth-order valence-corrected chi connectivity index (χ4v) is 2.50. The second kappa shape index (κ2) is 6.65. The van der Waals surface area contributed by atoms with Gasteiger partial charge in [0.2, 0.25) is 0 Å². The predicted octanol–water partition coefficient (Wildman–Crippen LogP) is 1.85. The van der Waals surface area contributed by atoms with Crippen LogP contribution in [-0.4, -0.2) is 44.9 Å². The molecule has 108 valence electrons. The maximum absolute atomic E-state index is 12.3. The van der Waals surface area contributed by atoms with E-state index in [2.05, 4.69) is 9.97 Å². The lowest BCUT2D eigenvalue weighted by Gasteiger charge is -2.32. The number of hydrogen-bond donors (Lipinski definition) is 1. The Morgan fingerprint density at radius 1 is 1.40 bits per heavy atom. The molecule has 0 aromatic carbocycles. The normalized spacial score (nSPS) is 18.9. The van der Waals surface area contributed by atoms with Crippen LogP contribution >= 0.6 is 11.6 Å². The highest BCUT2D eigenvalue weighted by Crippen LogP contribution is 2.22. The Bertz CT molecular complexity index is 492. The van der Waals surface area contributed by atoms with E-state index in [1.54, 1.807) is 4.90 Å². The molecule has 1 aromatic rings. The van der Waals surface area contributed by atoms with Gasteiger partial charge in [0.25, 0.3) is 5.91 Å². The number of piperidine rings is 1. The van der Waals surface area contributed by atoms with Crippen molar-refractivity contribution in [3.63, 3.8) is 0 Å². The standard InChI is InChI=1S/C13H16ClN3O3/c14-11-7-15-10(6-16-11)13(20)17-5-1-2-9(8-17)3-4-12(18)19/h6-7,9H,1-5,8H2,(H,18,19). The van der Waals surface area contributed by atoms with Gasteiger partial charge in [-0.15, -0.1) is 0 Å². The molecule has 0 saturated carbocycles. The lowest BCUT2D eigenvalue weighted by Crippen LogP contribution is -2.40. The summed E-state index contributed by atoms with van der Waals surface area (Å²) >= 11 is 5.64. The Morgan fingerprint density at radius 2 is 2.20 bits per heavy atom. The Balaban J connectivity index is 1.96. The molecular weight excluding hydrogens is 282 g/mol. The first-order valence-electron chi connectivity index (χ1n) is 6.55. The number of carboxylic acids is 1. The van der Waals surface area contributed by atoms with Crippen molar-refractivity contribution in [3.05, 3.63) is 23.2 Å². The van der Waals surface area contributed by atoms with Crippen molar-refractivity contribution in [3.8, 4) is 0 Å². The Morgan fingerprint density at radius 3 is 2.85 bits per heavy atom. The zero-order chi connectivity index (χ0) is 14.5. The lowest BCUT2D eigenvalue weighted by molar-refractivity contribution is -0.137. The van der Waals surface area contributed by atoms with Crippen LogP contribution in [0.4, 0.5) is 0 Å². The van der Waals surface area contributed by atoms with Crippen LogP contribution in [0, 0.1) is 5.92 Å². The zero-order valence-corrected chi connectivity index (χ0v) is 11.7. The van der Waals surface area contributed by atoms with E-state index in [4.69, 9.17) is 16.7 Å². The van der Waals surface area contributed by atoms with Gasteiger partial charge in [0.15, 0.2) is 0 Å². The molecule has 1 aromatic heterocycles. The molecule has 0 aliphatic carbocycles. The molecule has 1 aliphatic heterocycles. The van der Waals surface area contributed by atoms with E-state index in [9.17, 15) is 9.59 Å². The SMILES string of the molecule is O=C(O)CCC1CCCN(C(=O)c2cnc(Cl)cn2)C1. The summed E-state index contributed by atoms with van der Waals surface area (Å²) in [6.07, 6.45) is 5.31. The molecule has 20 heavy (non-hydrogen) atoms. The third-order valence-corrected chi connectivity index (χ3v) is 3.61. The minimum absolute atomic E-state index is 0.146. The number of rotatable bonds is 4.